The van der Waals surface area contributed by atoms with Crippen molar-refractivity contribution in [2.24, 2.45) is 0 Å². The van der Waals surface area contributed by atoms with Crippen LogP contribution in [0, 0.1) is 0 Å². The fourth-order valence-corrected chi connectivity index (χ4v) is 6.42. The standard InChI is InChI=1S/C23H24N2O6S2/c1-3-30-22(29)20-15(11-17(33-20)14-7-5-4-6-8-14)24-18(26)12-31-21(28)16-13-32-23(2)10-9-19(27)25(16)23/h4-8,11,16H,3,9-10,12-13H2,1-2H3,(H,24,26)/t16-,23+/m1/s1. The van der Waals surface area contributed by atoms with Crippen LogP contribution in [0.3, 0.4) is 0 Å². The van der Waals surface area contributed by atoms with Crippen LogP contribution in [0.1, 0.15) is 36.4 Å². The molecule has 2 aliphatic heterocycles. The van der Waals surface area contributed by atoms with Crippen molar-refractivity contribution in [3.63, 3.8) is 0 Å². The maximum Gasteiger partial charge on any atom is 0.350 e. The molecule has 2 fully saturated rings. The van der Waals surface area contributed by atoms with Crippen LogP contribution in [0.4, 0.5) is 5.69 Å². The molecule has 0 spiro atoms. The number of anilines is 1. The predicted molar refractivity (Wildman–Crippen MR) is 126 cm³/mol. The zero-order valence-electron chi connectivity index (χ0n) is 18.3. The molecule has 1 aromatic carbocycles. The number of esters is 2. The number of benzene rings is 1. The van der Waals surface area contributed by atoms with E-state index in [4.69, 9.17) is 9.47 Å². The second-order valence-electron chi connectivity index (χ2n) is 7.86. The quantitative estimate of drug-likeness (QED) is 0.595. The van der Waals surface area contributed by atoms with Gasteiger partial charge in [-0.1, -0.05) is 30.3 Å². The maximum absolute atomic E-state index is 12.6. The maximum atomic E-state index is 12.6. The van der Waals surface area contributed by atoms with Crippen molar-refractivity contribution in [1.82, 2.24) is 4.90 Å². The van der Waals surface area contributed by atoms with E-state index in [1.807, 2.05) is 37.3 Å². The topological polar surface area (TPSA) is 102 Å². The van der Waals surface area contributed by atoms with Crippen LogP contribution >= 0.6 is 23.1 Å². The number of carbonyl (C=O) groups excluding carboxylic acids is 4. The van der Waals surface area contributed by atoms with Gasteiger partial charge in [0.05, 0.1) is 17.2 Å². The zero-order valence-corrected chi connectivity index (χ0v) is 19.9. The third-order valence-corrected chi connectivity index (χ3v) is 8.26. The van der Waals surface area contributed by atoms with Crippen molar-refractivity contribution in [3.05, 3.63) is 41.3 Å². The van der Waals surface area contributed by atoms with Gasteiger partial charge in [0.2, 0.25) is 5.91 Å². The predicted octanol–water partition coefficient (Wildman–Crippen LogP) is 3.53. The molecule has 0 radical (unpaired) electrons. The van der Waals surface area contributed by atoms with Crippen LogP contribution in [0.15, 0.2) is 36.4 Å². The molecular formula is C23H24N2O6S2. The van der Waals surface area contributed by atoms with Gasteiger partial charge in [0, 0.05) is 17.1 Å². The molecule has 10 heteroatoms. The number of nitrogens with zero attached hydrogens (tertiary/aromatic N) is 1. The largest absolute Gasteiger partial charge is 0.462 e. The molecule has 174 valence electrons. The fraction of sp³-hybridized carbons (Fsp3) is 0.391. The summed E-state index contributed by atoms with van der Waals surface area (Å²) in [5.41, 5.74) is 1.20. The highest BCUT2D eigenvalue weighted by Gasteiger charge is 2.53. The Morgan fingerprint density at radius 1 is 1.21 bits per heavy atom. The smallest absolute Gasteiger partial charge is 0.350 e. The monoisotopic (exact) mass is 488 g/mol. The van der Waals surface area contributed by atoms with Gasteiger partial charge in [0.25, 0.3) is 5.91 Å². The van der Waals surface area contributed by atoms with E-state index in [2.05, 4.69) is 5.32 Å². The molecule has 0 aliphatic carbocycles. The summed E-state index contributed by atoms with van der Waals surface area (Å²) in [5, 5.41) is 2.66. The van der Waals surface area contributed by atoms with Gasteiger partial charge in [-0.25, -0.2) is 9.59 Å². The molecular weight excluding hydrogens is 464 g/mol. The first-order valence-electron chi connectivity index (χ1n) is 10.6. The number of nitrogens with one attached hydrogen (secondary N) is 1. The minimum absolute atomic E-state index is 0.0697. The van der Waals surface area contributed by atoms with Crippen LogP contribution in [0.25, 0.3) is 10.4 Å². The average Bonchev–Trinajstić information content (AvgIpc) is 3.46. The number of ether oxygens (including phenoxy) is 2. The van der Waals surface area contributed by atoms with Gasteiger partial charge in [-0.2, -0.15) is 0 Å². The zero-order chi connectivity index (χ0) is 23.6. The summed E-state index contributed by atoms with van der Waals surface area (Å²) in [4.78, 5) is 52.0. The lowest BCUT2D eigenvalue weighted by Gasteiger charge is -2.29. The van der Waals surface area contributed by atoms with Gasteiger partial charge >= 0.3 is 11.9 Å². The van der Waals surface area contributed by atoms with Crippen LogP contribution in [-0.2, 0) is 23.9 Å². The van der Waals surface area contributed by atoms with Crippen molar-refractivity contribution in [2.75, 3.05) is 24.3 Å². The number of hydrogen-bond acceptors (Lipinski definition) is 8. The minimum Gasteiger partial charge on any atom is -0.462 e. The number of thiophene rings is 1. The third kappa shape index (κ3) is 4.77. The minimum atomic E-state index is -0.691. The molecule has 2 saturated heterocycles. The molecule has 0 unspecified atom stereocenters. The lowest BCUT2D eigenvalue weighted by molar-refractivity contribution is -0.155. The Kier molecular flexibility index (Phi) is 6.76. The van der Waals surface area contributed by atoms with Crippen molar-refractivity contribution in [2.45, 2.75) is 37.6 Å². The first-order valence-corrected chi connectivity index (χ1v) is 12.4. The Balaban J connectivity index is 1.42. The molecule has 2 atom stereocenters. The highest BCUT2D eigenvalue weighted by Crippen LogP contribution is 2.47. The number of thioether (sulfide) groups is 1. The van der Waals surface area contributed by atoms with Crippen LogP contribution in [0.5, 0.6) is 0 Å². The van der Waals surface area contributed by atoms with Crippen molar-refractivity contribution in [1.29, 1.82) is 0 Å². The Bertz CT molecular complexity index is 1090. The first kappa shape index (κ1) is 23.3. The second kappa shape index (κ2) is 9.56. The summed E-state index contributed by atoms with van der Waals surface area (Å²) >= 11 is 2.77. The van der Waals surface area contributed by atoms with E-state index in [0.717, 1.165) is 10.4 Å². The first-order chi connectivity index (χ1) is 15.8. The van der Waals surface area contributed by atoms with Crippen molar-refractivity contribution in [3.8, 4) is 10.4 Å². The van der Waals surface area contributed by atoms with Crippen molar-refractivity contribution < 1.29 is 28.7 Å². The summed E-state index contributed by atoms with van der Waals surface area (Å²) in [7, 11) is 0. The van der Waals surface area contributed by atoms with E-state index in [-0.39, 0.29) is 22.3 Å². The van der Waals surface area contributed by atoms with E-state index < -0.39 is 30.5 Å². The molecule has 1 aromatic heterocycles. The Morgan fingerprint density at radius 3 is 2.70 bits per heavy atom. The van der Waals surface area contributed by atoms with E-state index >= 15 is 0 Å². The van der Waals surface area contributed by atoms with Gasteiger partial charge in [0.15, 0.2) is 6.61 Å². The molecule has 8 nitrogen and oxygen atoms in total. The molecule has 2 amide bonds. The number of carbonyl (C=O) groups is 4. The van der Waals surface area contributed by atoms with E-state index in [9.17, 15) is 19.2 Å². The molecule has 2 aliphatic rings. The number of amides is 2. The Hall–Kier alpha value is -2.85. The van der Waals surface area contributed by atoms with E-state index in [1.54, 1.807) is 29.7 Å². The molecule has 0 bridgehead atoms. The number of rotatable bonds is 7. The molecule has 0 saturated carbocycles. The SMILES string of the molecule is CCOC(=O)c1sc(-c2ccccc2)cc1NC(=O)COC(=O)[C@H]1CS[C@@]2(C)CCC(=O)N12. The molecule has 4 rings (SSSR count). The van der Waals surface area contributed by atoms with E-state index in [0.29, 0.717) is 24.3 Å². The van der Waals surface area contributed by atoms with Gasteiger partial charge in [0.1, 0.15) is 10.9 Å². The van der Waals surface area contributed by atoms with Crippen molar-refractivity contribution >= 4 is 52.5 Å². The molecule has 1 N–H and O–H groups in total. The highest BCUT2D eigenvalue weighted by atomic mass is 32.2. The van der Waals surface area contributed by atoms with Gasteiger partial charge in [-0.05, 0) is 31.9 Å². The molecule has 2 aromatic rings. The normalized spacial score (nSPS) is 21.6. The average molecular weight is 489 g/mol. The summed E-state index contributed by atoms with van der Waals surface area (Å²) < 4.78 is 10.3. The van der Waals surface area contributed by atoms with Gasteiger partial charge < -0.3 is 19.7 Å². The van der Waals surface area contributed by atoms with Gasteiger partial charge in [-0.15, -0.1) is 23.1 Å². The fourth-order valence-electron chi connectivity index (χ4n) is 3.99. The van der Waals surface area contributed by atoms with Crippen LogP contribution in [-0.4, -0.2) is 58.5 Å². The summed E-state index contributed by atoms with van der Waals surface area (Å²) in [6, 6.07) is 10.5. The van der Waals surface area contributed by atoms with Crippen LogP contribution < -0.4 is 5.32 Å². The molecule has 3 heterocycles. The Morgan fingerprint density at radius 2 is 1.97 bits per heavy atom. The lowest BCUT2D eigenvalue weighted by atomic mass is 10.2. The summed E-state index contributed by atoms with van der Waals surface area (Å²) in [5.74, 6) is -1.34. The number of fused-ring (bicyclic) bond motifs is 1. The highest BCUT2D eigenvalue weighted by molar-refractivity contribution is 8.01. The van der Waals surface area contributed by atoms with Gasteiger partial charge in [-0.3, -0.25) is 9.59 Å². The second-order valence-corrected chi connectivity index (χ2v) is 10.4. The van der Waals surface area contributed by atoms with Crippen LogP contribution in [0.2, 0.25) is 0 Å². The third-order valence-electron chi connectivity index (χ3n) is 5.59. The van der Waals surface area contributed by atoms with E-state index in [1.165, 1.54) is 11.3 Å². The Labute approximate surface area is 199 Å². The summed E-state index contributed by atoms with van der Waals surface area (Å²) in [6.45, 7) is 3.34. The molecule has 33 heavy (non-hydrogen) atoms. The summed E-state index contributed by atoms with van der Waals surface area (Å²) in [6.07, 6.45) is 1.10. The lowest BCUT2D eigenvalue weighted by Crippen LogP contribution is -2.47. The number of hydrogen-bond donors (Lipinski definition) is 1.